The average Bonchev–Trinajstić information content (AvgIpc) is 2.76. The van der Waals surface area contributed by atoms with Crippen molar-refractivity contribution in [2.24, 2.45) is 0 Å². The van der Waals surface area contributed by atoms with Gasteiger partial charge in [0.2, 0.25) is 0 Å². The molecule has 4 aromatic carbocycles. The summed E-state index contributed by atoms with van der Waals surface area (Å²) >= 11 is 0. The SMILES string of the molecule is Cc1ccc(N(C)C)cc1C(c1cc(N(C)C)ccc1C)c1cccc2ccccc12. The first-order chi connectivity index (χ1) is 14.9. The number of benzene rings is 4. The van der Waals surface area contributed by atoms with Crippen LogP contribution >= 0.6 is 0 Å². The summed E-state index contributed by atoms with van der Waals surface area (Å²) in [5.41, 5.74) is 9.18. The van der Waals surface area contributed by atoms with E-state index in [-0.39, 0.29) is 5.92 Å². The molecule has 0 unspecified atom stereocenters. The number of fused-ring (bicyclic) bond motifs is 1. The van der Waals surface area contributed by atoms with Crippen molar-refractivity contribution >= 4 is 22.1 Å². The van der Waals surface area contributed by atoms with Crippen molar-refractivity contribution < 1.29 is 0 Å². The summed E-state index contributed by atoms with van der Waals surface area (Å²) in [6.45, 7) is 4.47. The topological polar surface area (TPSA) is 6.48 Å². The Morgan fingerprint density at radius 1 is 0.548 bits per heavy atom. The molecule has 4 rings (SSSR count). The molecule has 158 valence electrons. The zero-order valence-electron chi connectivity index (χ0n) is 19.5. The van der Waals surface area contributed by atoms with Gasteiger partial charge in [-0.15, -0.1) is 0 Å². The zero-order valence-corrected chi connectivity index (χ0v) is 19.5. The van der Waals surface area contributed by atoms with Gasteiger partial charge in [-0.25, -0.2) is 0 Å². The number of anilines is 2. The molecule has 2 heteroatoms. The zero-order chi connectivity index (χ0) is 22.1. The third-order valence-electron chi connectivity index (χ3n) is 6.31. The number of rotatable bonds is 5. The van der Waals surface area contributed by atoms with Gasteiger partial charge in [0.1, 0.15) is 0 Å². The first kappa shape index (κ1) is 21.0. The van der Waals surface area contributed by atoms with E-state index in [1.54, 1.807) is 0 Å². The van der Waals surface area contributed by atoms with Crippen LogP contribution in [0.25, 0.3) is 10.8 Å². The molecule has 0 N–H and O–H groups in total. The second-order valence-corrected chi connectivity index (χ2v) is 8.87. The maximum Gasteiger partial charge on any atom is 0.0364 e. The van der Waals surface area contributed by atoms with Gasteiger partial charge in [-0.2, -0.15) is 0 Å². The summed E-state index contributed by atoms with van der Waals surface area (Å²) in [4.78, 5) is 4.37. The van der Waals surface area contributed by atoms with Gasteiger partial charge in [-0.05, 0) is 76.7 Å². The van der Waals surface area contributed by atoms with Crippen LogP contribution in [0.4, 0.5) is 11.4 Å². The Hall–Kier alpha value is -3.26. The lowest BCUT2D eigenvalue weighted by Crippen LogP contribution is -2.14. The smallest absolute Gasteiger partial charge is 0.0364 e. The Balaban J connectivity index is 2.06. The molecule has 4 aromatic rings. The summed E-state index contributed by atoms with van der Waals surface area (Å²) in [7, 11) is 8.44. The van der Waals surface area contributed by atoms with Gasteiger partial charge in [0.05, 0.1) is 0 Å². The minimum absolute atomic E-state index is 0.158. The molecule has 0 fully saturated rings. The highest BCUT2D eigenvalue weighted by molar-refractivity contribution is 5.87. The van der Waals surface area contributed by atoms with Crippen LogP contribution in [0.5, 0.6) is 0 Å². The van der Waals surface area contributed by atoms with Crippen LogP contribution in [-0.4, -0.2) is 28.2 Å². The van der Waals surface area contributed by atoms with Crippen molar-refractivity contribution in [3.63, 3.8) is 0 Å². The minimum atomic E-state index is 0.158. The second kappa shape index (κ2) is 8.47. The maximum absolute atomic E-state index is 2.36. The Labute approximate surface area is 186 Å². The van der Waals surface area contributed by atoms with Gasteiger partial charge in [0.15, 0.2) is 0 Å². The van der Waals surface area contributed by atoms with Crippen molar-refractivity contribution in [1.29, 1.82) is 0 Å². The highest BCUT2D eigenvalue weighted by Gasteiger charge is 2.23. The van der Waals surface area contributed by atoms with Crippen LogP contribution in [0, 0.1) is 13.8 Å². The highest BCUT2D eigenvalue weighted by atomic mass is 15.1. The van der Waals surface area contributed by atoms with E-state index >= 15 is 0 Å². The molecule has 0 aliphatic carbocycles. The molecule has 0 saturated carbocycles. The number of aryl methyl sites for hydroxylation is 2. The van der Waals surface area contributed by atoms with Crippen LogP contribution < -0.4 is 9.80 Å². The summed E-state index contributed by atoms with van der Waals surface area (Å²) in [6, 6.07) is 29.1. The Kier molecular flexibility index (Phi) is 5.73. The molecule has 0 atom stereocenters. The van der Waals surface area contributed by atoms with Crippen LogP contribution in [0.1, 0.15) is 33.7 Å². The third kappa shape index (κ3) is 4.03. The second-order valence-electron chi connectivity index (χ2n) is 8.87. The lowest BCUT2D eigenvalue weighted by Gasteiger charge is -2.27. The summed E-state index contributed by atoms with van der Waals surface area (Å²) in [6.07, 6.45) is 0. The third-order valence-corrected chi connectivity index (χ3v) is 6.31. The minimum Gasteiger partial charge on any atom is -0.378 e. The van der Waals surface area contributed by atoms with Gasteiger partial charge in [-0.3, -0.25) is 0 Å². The maximum atomic E-state index is 2.36. The molecular weight excluding hydrogens is 376 g/mol. The van der Waals surface area contributed by atoms with E-state index in [9.17, 15) is 0 Å². The molecule has 0 aliphatic rings. The van der Waals surface area contributed by atoms with Crippen LogP contribution in [-0.2, 0) is 0 Å². The van der Waals surface area contributed by atoms with Crippen LogP contribution in [0.2, 0.25) is 0 Å². The van der Waals surface area contributed by atoms with E-state index in [2.05, 4.69) is 131 Å². The van der Waals surface area contributed by atoms with E-state index in [0.717, 1.165) is 0 Å². The number of hydrogen-bond donors (Lipinski definition) is 0. The highest BCUT2D eigenvalue weighted by Crippen LogP contribution is 2.41. The Morgan fingerprint density at radius 3 is 1.61 bits per heavy atom. The van der Waals surface area contributed by atoms with Crippen molar-refractivity contribution in [3.8, 4) is 0 Å². The van der Waals surface area contributed by atoms with E-state index in [0.29, 0.717) is 0 Å². The predicted molar refractivity (Wildman–Crippen MR) is 136 cm³/mol. The molecule has 0 spiro atoms. The summed E-state index contributed by atoms with van der Waals surface area (Å²) < 4.78 is 0. The standard InChI is InChI=1S/C29H32N2/c1-20-14-16-23(30(3)4)18-27(20)29(28-19-24(31(5)6)17-15-21(28)2)26-13-9-11-22-10-7-8-12-25(22)26/h7-19,29H,1-6H3. The van der Waals surface area contributed by atoms with Crippen LogP contribution in [0.3, 0.4) is 0 Å². The van der Waals surface area contributed by atoms with E-state index in [4.69, 9.17) is 0 Å². The Morgan fingerprint density at radius 2 is 1.06 bits per heavy atom. The molecule has 0 aromatic heterocycles. The molecule has 31 heavy (non-hydrogen) atoms. The van der Waals surface area contributed by atoms with Gasteiger partial charge < -0.3 is 9.80 Å². The molecule has 0 bridgehead atoms. The fourth-order valence-corrected chi connectivity index (χ4v) is 4.44. The van der Waals surface area contributed by atoms with Gasteiger partial charge in [0.25, 0.3) is 0 Å². The lowest BCUT2D eigenvalue weighted by molar-refractivity contribution is 0.951. The number of nitrogens with zero attached hydrogens (tertiary/aromatic N) is 2. The molecule has 0 amide bonds. The normalized spacial score (nSPS) is 11.2. The quantitative estimate of drug-likeness (QED) is 0.336. The van der Waals surface area contributed by atoms with Crippen LogP contribution in [0.15, 0.2) is 78.9 Å². The predicted octanol–water partition coefficient (Wildman–Crippen LogP) is 6.77. The van der Waals surface area contributed by atoms with Crippen molar-refractivity contribution in [3.05, 3.63) is 107 Å². The molecule has 0 saturated heterocycles. The Bertz CT molecular complexity index is 1160. The molecule has 0 aliphatic heterocycles. The van der Waals surface area contributed by atoms with E-state index < -0.39 is 0 Å². The first-order valence-corrected chi connectivity index (χ1v) is 10.9. The summed E-state index contributed by atoms with van der Waals surface area (Å²) in [5.74, 6) is 0.158. The summed E-state index contributed by atoms with van der Waals surface area (Å²) in [5, 5.41) is 2.60. The number of hydrogen-bond acceptors (Lipinski definition) is 2. The van der Waals surface area contributed by atoms with Gasteiger partial charge in [-0.1, -0.05) is 54.6 Å². The lowest BCUT2D eigenvalue weighted by atomic mass is 9.79. The molecular formula is C29H32N2. The average molecular weight is 409 g/mol. The van der Waals surface area contributed by atoms with Crippen molar-refractivity contribution in [2.75, 3.05) is 38.0 Å². The molecule has 0 heterocycles. The molecule has 0 radical (unpaired) electrons. The fourth-order valence-electron chi connectivity index (χ4n) is 4.44. The van der Waals surface area contributed by atoms with E-state index in [1.165, 1.54) is 50.0 Å². The van der Waals surface area contributed by atoms with Crippen molar-refractivity contribution in [2.45, 2.75) is 19.8 Å². The largest absolute Gasteiger partial charge is 0.378 e. The monoisotopic (exact) mass is 408 g/mol. The fraction of sp³-hybridized carbons (Fsp3) is 0.241. The molecule has 2 nitrogen and oxygen atoms in total. The van der Waals surface area contributed by atoms with E-state index in [1.807, 2.05) is 0 Å². The van der Waals surface area contributed by atoms with Crippen molar-refractivity contribution in [1.82, 2.24) is 0 Å². The van der Waals surface area contributed by atoms with Gasteiger partial charge in [0, 0.05) is 45.5 Å². The van der Waals surface area contributed by atoms with Gasteiger partial charge >= 0.3 is 0 Å². The first-order valence-electron chi connectivity index (χ1n) is 10.9.